The Kier molecular flexibility index (Phi) is 4.90. The monoisotopic (exact) mass is 407 g/mol. The van der Waals surface area contributed by atoms with Crippen LogP contribution >= 0.6 is 39.1 Å². The van der Waals surface area contributed by atoms with Crippen molar-refractivity contribution >= 4 is 45.2 Å². The zero-order chi connectivity index (χ0) is 16.7. The highest BCUT2D eigenvalue weighted by molar-refractivity contribution is 9.10. The summed E-state index contributed by atoms with van der Waals surface area (Å²) in [4.78, 5) is 12.3. The maximum Gasteiger partial charge on any atom is 0.419 e. The molecule has 0 aliphatic rings. The van der Waals surface area contributed by atoms with E-state index in [1.54, 1.807) is 26.8 Å². The SMILES string of the molecule is CC(C)(C)OC(=O)n1cc(Br)cc1-c1c(Cl)ccc(F)c1Cl. The third kappa shape index (κ3) is 3.65. The van der Waals surface area contributed by atoms with Crippen LogP contribution in [0.5, 0.6) is 0 Å². The van der Waals surface area contributed by atoms with Crippen LogP contribution in [0.2, 0.25) is 10.0 Å². The van der Waals surface area contributed by atoms with Gasteiger partial charge < -0.3 is 4.74 Å². The first-order valence-electron chi connectivity index (χ1n) is 6.35. The first-order valence-corrected chi connectivity index (χ1v) is 7.90. The van der Waals surface area contributed by atoms with Crippen LogP contribution in [0.3, 0.4) is 0 Å². The van der Waals surface area contributed by atoms with E-state index in [0.717, 1.165) is 0 Å². The summed E-state index contributed by atoms with van der Waals surface area (Å²) in [5.74, 6) is -0.617. The van der Waals surface area contributed by atoms with Crippen molar-refractivity contribution in [3.8, 4) is 11.3 Å². The molecule has 0 N–H and O–H groups in total. The van der Waals surface area contributed by atoms with Crippen molar-refractivity contribution in [3.05, 3.63) is 44.7 Å². The Morgan fingerprint density at radius 3 is 2.55 bits per heavy atom. The molecule has 22 heavy (non-hydrogen) atoms. The Morgan fingerprint density at radius 2 is 1.95 bits per heavy atom. The molecule has 0 fully saturated rings. The molecule has 0 aliphatic carbocycles. The number of carbonyl (C=O) groups is 1. The molecule has 118 valence electrons. The minimum absolute atomic E-state index is 0.150. The van der Waals surface area contributed by atoms with Crippen LogP contribution in [0.1, 0.15) is 20.8 Å². The summed E-state index contributed by atoms with van der Waals surface area (Å²) in [7, 11) is 0. The number of hydrogen-bond acceptors (Lipinski definition) is 2. The smallest absolute Gasteiger partial charge is 0.419 e. The Balaban J connectivity index is 2.59. The standard InChI is InChI=1S/C15H13BrCl2FNO2/c1-15(2,3)22-14(21)20-7-8(16)6-11(20)12-9(17)4-5-10(19)13(12)18/h4-7H,1-3H3. The second kappa shape index (κ2) is 6.22. The van der Waals surface area contributed by atoms with E-state index in [0.29, 0.717) is 10.2 Å². The predicted octanol–water partition coefficient (Wildman–Crippen LogP) is 6.15. The van der Waals surface area contributed by atoms with E-state index in [1.165, 1.54) is 22.9 Å². The van der Waals surface area contributed by atoms with E-state index in [-0.39, 0.29) is 15.6 Å². The molecule has 0 aliphatic heterocycles. The fourth-order valence-electron chi connectivity index (χ4n) is 1.85. The van der Waals surface area contributed by atoms with Crippen LogP contribution in [0.15, 0.2) is 28.9 Å². The van der Waals surface area contributed by atoms with Gasteiger partial charge in [-0.2, -0.15) is 0 Å². The van der Waals surface area contributed by atoms with Gasteiger partial charge in [-0.05, 0) is 54.9 Å². The second-order valence-corrected chi connectivity index (χ2v) is 7.31. The Morgan fingerprint density at radius 1 is 1.32 bits per heavy atom. The van der Waals surface area contributed by atoms with Crippen molar-refractivity contribution in [1.82, 2.24) is 4.57 Å². The molecule has 1 heterocycles. The molecule has 1 aromatic carbocycles. The maximum atomic E-state index is 13.7. The minimum atomic E-state index is -0.666. The lowest BCUT2D eigenvalue weighted by molar-refractivity contribution is 0.0540. The predicted molar refractivity (Wildman–Crippen MR) is 89.2 cm³/mol. The lowest BCUT2D eigenvalue weighted by Gasteiger charge is -2.20. The quantitative estimate of drug-likeness (QED) is 0.530. The Labute approximate surface area is 146 Å². The first kappa shape index (κ1) is 17.3. The van der Waals surface area contributed by atoms with Gasteiger partial charge in [0, 0.05) is 16.2 Å². The number of aromatic nitrogens is 1. The van der Waals surface area contributed by atoms with Crippen LogP contribution in [0.25, 0.3) is 11.3 Å². The van der Waals surface area contributed by atoms with Gasteiger partial charge in [0.2, 0.25) is 0 Å². The van der Waals surface area contributed by atoms with Crippen LogP contribution < -0.4 is 0 Å². The van der Waals surface area contributed by atoms with Crippen molar-refractivity contribution in [2.45, 2.75) is 26.4 Å². The molecule has 0 saturated carbocycles. The number of ether oxygens (including phenoxy) is 1. The van der Waals surface area contributed by atoms with Gasteiger partial charge in [0.25, 0.3) is 0 Å². The minimum Gasteiger partial charge on any atom is -0.443 e. The lowest BCUT2D eigenvalue weighted by atomic mass is 10.1. The molecule has 3 nitrogen and oxygen atoms in total. The summed E-state index contributed by atoms with van der Waals surface area (Å²) in [6.45, 7) is 5.27. The molecule has 0 amide bonds. The first-order chi connectivity index (χ1) is 10.1. The van der Waals surface area contributed by atoms with Crippen molar-refractivity contribution in [1.29, 1.82) is 0 Å². The molecule has 0 spiro atoms. The summed E-state index contributed by atoms with van der Waals surface area (Å²) in [5, 5.41) is 0.0877. The molecule has 7 heteroatoms. The average molecular weight is 409 g/mol. The van der Waals surface area contributed by atoms with Gasteiger partial charge in [-0.1, -0.05) is 23.2 Å². The van der Waals surface area contributed by atoms with E-state index in [9.17, 15) is 9.18 Å². The third-order valence-electron chi connectivity index (χ3n) is 2.68. The van der Waals surface area contributed by atoms with Gasteiger partial charge in [-0.15, -0.1) is 0 Å². The fourth-order valence-corrected chi connectivity index (χ4v) is 2.83. The number of nitrogens with zero attached hydrogens (tertiary/aromatic N) is 1. The lowest BCUT2D eigenvalue weighted by Crippen LogP contribution is -2.27. The van der Waals surface area contributed by atoms with E-state index < -0.39 is 17.5 Å². The average Bonchev–Trinajstić information content (AvgIpc) is 2.74. The maximum absolute atomic E-state index is 13.7. The zero-order valence-corrected chi connectivity index (χ0v) is 15.2. The molecule has 0 atom stereocenters. The summed E-state index contributed by atoms with van der Waals surface area (Å²) in [6, 6.07) is 4.18. The van der Waals surface area contributed by atoms with Gasteiger partial charge in [-0.25, -0.2) is 9.18 Å². The van der Waals surface area contributed by atoms with E-state index in [1.807, 2.05) is 0 Å². The van der Waals surface area contributed by atoms with Crippen molar-refractivity contribution < 1.29 is 13.9 Å². The van der Waals surface area contributed by atoms with Gasteiger partial charge >= 0.3 is 6.09 Å². The Hall–Kier alpha value is -1.04. The number of benzene rings is 1. The van der Waals surface area contributed by atoms with Crippen LogP contribution in [0.4, 0.5) is 9.18 Å². The third-order valence-corrected chi connectivity index (χ3v) is 3.80. The highest BCUT2D eigenvalue weighted by atomic mass is 79.9. The van der Waals surface area contributed by atoms with Crippen molar-refractivity contribution in [3.63, 3.8) is 0 Å². The molecule has 2 aromatic rings. The van der Waals surface area contributed by atoms with Gasteiger partial charge in [-0.3, -0.25) is 4.57 Å². The molecular weight excluding hydrogens is 396 g/mol. The van der Waals surface area contributed by atoms with Gasteiger partial charge in [0.1, 0.15) is 11.4 Å². The summed E-state index contributed by atoms with van der Waals surface area (Å²) in [6.07, 6.45) is 0.908. The molecule has 2 rings (SSSR count). The molecular formula is C15H13BrCl2FNO2. The second-order valence-electron chi connectivity index (χ2n) is 5.61. The van der Waals surface area contributed by atoms with Gasteiger partial charge in [0.05, 0.1) is 15.7 Å². The van der Waals surface area contributed by atoms with Crippen LogP contribution in [-0.4, -0.2) is 16.3 Å². The highest BCUT2D eigenvalue weighted by Gasteiger charge is 2.23. The van der Waals surface area contributed by atoms with E-state index in [4.69, 9.17) is 27.9 Å². The topological polar surface area (TPSA) is 31.2 Å². The largest absolute Gasteiger partial charge is 0.443 e. The molecule has 0 bridgehead atoms. The zero-order valence-electron chi connectivity index (χ0n) is 12.1. The number of halogens is 4. The van der Waals surface area contributed by atoms with Crippen LogP contribution in [0, 0.1) is 5.82 Å². The summed E-state index contributed by atoms with van der Waals surface area (Å²) >= 11 is 15.4. The molecule has 1 aromatic heterocycles. The van der Waals surface area contributed by atoms with E-state index in [2.05, 4.69) is 15.9 Å². The number of carbonyl (C=O) groups excluding carboxylic acids is 1. The number of hydrogen-bond donors (Lipinski definition) is 0. The normalized spacial score (nSPS) is 11.6. The summed E-state index contributed by atoms with van der Waals surface area (Å²) in [5.41, 5.74) is -0.0869. The summed E-state index contributed by atoms with van der Waals surface area (Å²) < 4.78 is 20.9. The number of rotatable bonds is 1. The van der Waals surface area contributed by atoms with Crippen molar-refractivity contribution in [2.24, 2.45) is 0 Å². The molecule has 0 radical (unpaired) electrons. The van der Waals surface area contributed by atoms with Gasteiger partial charge in [0.15, 0.2) is 0 Å². The molecule has 0 saturated heterocycles. The van der Waals surface area contributed by atoms with E-state index >= 15 is 0 Å². The molecule has 0 unspecified atom stereocenters. The van der Waals surface area contributed by atoms with Crippen molar-refractivity contribution in [2.75, 3.05) is 0 Å². The van der Waals surface area contributed by atoms with Crippen LogP contribution in [-0.2, 0) is 4.74 Å². The Bertz CT molecular complexity index is 738. The highest BCUT2D eigenvalue weighted by Crippen LogP contribution is 2.38. The fraction of sp³-hybridized carbons (Fsp3) is 0.267.